The van der Waals surface area contributed by atoms with E-state index in [-0.39, 0.29) is 11.8 Å². The van der Waals surface area contributed by atoms with Gasteiger partial charge in [-0.2, -0.15) is 0 Å². The van der Waals surface area contributed by atoms with Crippen LogP contribution in [-0.4, -0.2) is 28.8 Å². The molecule has 5 heteroatoms. The molecule has 2 atom stereocenters. The number of nitrogens with zero attached hydrogens (tertiary/aromatic N) is 1. The molecule has 2 rings (SSSR count). The Bertz CT molecular complexity index is 504. The van der Waals surface area contributed by atoms with E-state index >= 15 is 0 Å². The van der Waals surface area contributed by atoms with Crippen LogP contribution in [0.25, 0.3) is 0 Å². The fourth-order valence-corrected chi connectivity index (χ4v) is 2.55. The first-order chi connectivity index (χ1) is 9.02. The van der Waals surface area contributed by atoms with Crippen LogP contribution in [0.1, 0.15) is 25.8 Å². The van der Waals surface area contributed by atoms with Crippen molar-refractivity contribution in [1.82, 2.24) is 10.2 Å². The van der Waals surface area contributed by atoms with Gasteiger partial charge in [0.15, 0.2) is 0 Å². The van der Waals surface area contributed by atoms with E-state index in [4.69, 9.17) is 11.6 Å². The predicted molar refractivity (Wildman–Crippen MR) is 73.7 cm³/mol. The number of carbonyl (C=O) groups is 2. The standard InChI is InChI=1S/C14H17ClN2O2/c1-3-12-13(18)16-9(2)14(19)17(12)8-10-5-4-6-11(15)7-10/h4-7,9,12H,3,8H2,1-2H3,(H,16,18). The monoisotopic (exact) mass is 280 g/mol. The fourth-order valence-electron chi connectivity index (χ4n) is 2.34. The lowest BCUT2D eigenvalue weighted by Gasteiger charge is -2.37. The molecule has 4 nitrogen and oxygen atoms in total. The summed E-state index contributed by atoms with van der Waals surface area (Å²) in [5.74, 6) is -0.136. The lowest BCUT2D eigenvalue weighted by Crippen LogP contribution is -2.61. The van der Waals surface area contributed by atoms with Crippen LogP contribution in [0.2, 0.25) is 5.02 Å². The van der Waals surface area contributed by atoms with Gasteiger partial charge in [0.25, 0.3) is 0 Å². The largest absolute Gasteiger partial charge is 0.343 e. The van der Waals surface area contributed by atoms with Gasteiger partial charge in [0, 0.05) is 11.6 Å². The zero-order valence-electron chi connectivity index (χ0n) is 11.0. The number of hydrogen-bond donors (Lipinski definition) is 1. The van der Waals surface area contributed by atoms with Gasteiger partial charge in [-0.1, -0.05) is 30.7 Å². The van der Waals surface area contributed by atoms with Crippen LogP contribution in [0.4, 0.5) is 0 Å². The predicted octanol–water partition coefficient (Wildman–Crippen LogP) is 1.97. The summed E-state index contributed by atoms with van der Waals surface area (Å²) < 4.78 is 0. The van der Waals surface area contributed by atoms with Crippen LogP contribution in [-0.2, 0) is 16.1 Å². The molecule has 0 aliphatic carbocycles. The smallest absolute Gasteiger partial charge is 0.245 e. The van der Waals surface area contributed by atoms with Crippen molar-refractivity contribution in [2.75, 3.05) is 0 Å². The van der Waals surface area contributed by atoms with Gasteiger partial charge >= 0.3 is 0 Å². The van der Waals surface area contributed by atoms with Crippen molar-refractivity contribution in [2.45, 2.75) is 38.9 Å². The van der Waals surface area contributed by atoms with E-state index in [0.29, 0.717) is 18.0 Å². The van der Waals surface area contributed by atoms with E-state index in [2.05, 4.69) is 5.32 Å². The van der Waals surface area contributed by atoms with Crippen LogP contribution in [0, 0.1) is 0 Å². The summed E-state index contributed by atoms with van der Waals surface area (Å²) in [4.78, 5) is 25.8. The minimum atomic E-state index is -0.463. The maximum Gasteiger partial charge on any atom is 0.245 e. The molecule has 2 amide bonds. The van der Waals surface area contributed by atoms with Crippen molar-refractivity contribution in [3.05, 3.63) is 34.9 Å². The summed E-state index contributed by atoms with van der Waals surface area (Å²) in [5.41, 5.74) is 0.932. The van der Waals surface area contributed by atoms with Crippen molar-refractivity contribution in [2.24, 2.45) is 0 Å². The molecular weight excluding hydrogens is 264 g/mol. The first-order valence-corrected chi connectivity index (χ1v) is 6.76. The van der Waals surface area contributed by atoms with Gasteiger partial charge in [0.2, 0.25) is 11.8 Å². The molecule has 1 heterocycles. The fraction of sp³-hybridized carbons (Fsp3) is 0.429. The second-order valence-electron chi connectivity index (χ2n) is 4.75. The zero-order chi connectivity index (χ0) is 14.0. The molecule has 0 aromatic heterocycles. The van der Waals surface area contributed by atoms with E-state index in [1.807, 2.05) is 25.1 Å². The Kier molecular flexibility index (Phi) is 4.10. The molecule has 0 bridgehead atoms. The zero-order valence-corrected chi connectivity index (χ0v) is 11.8. The summed E-state index contributed by atoms with van der Waals surface area (Å²) in [7, 11) is 0. The van der Waals surface area contributed by atoms with Gasteiger partial charge in [-0.05, 0) is 31.0 Å². The highest BCUT2D eigenvalue weighted by Crippen LogP contribution is 2.19. The van der Waals surface area contributed by atoms with Crippen LogP contribution < -0.4 is 5.32 Å². The van der Waals surface area contributed by atoms with Crippen LogP contribution in [0.15, 0.2) is 24.3 Å². The highest BCUT2D eigenvalue weighted by molar-refractivity contribution is 6.30. The molecule has 2 unspecified atom stereocenters. The second kappa shape index (κ2) is 5.61. The van der Waals surface area contributed by atoms with E-state index in [0.717, 1.165) is 5.56 Å². The maximum atomic E-state index is 12.2. The highest BCUT2D eigenvalue weighted by atomic mass is 35.5. The Hall–Kier alpha value is -1.55. The topological polar surface area (TPSA) is 49.4 Å². The number of halogens is 1. The van der Waals surface area contributed by atoms with E-state index in [1.165, 1.54) is 0 Å². The second-order valence-corrected chi connectivity index (χ2v) is 5.19. The Balaban J connectivity index is 2.24. The number of carbonyl (C=O) groups excluding carboxylic acids is 2. The van der Waals surface area contributed by atoms with Crippen molar-refractivity contribution in [1.29, 1.82) is 0 Å². The number of hydrogen-bond acceptors (Lipinski definition) is 2. The van der Waals surface area contributed by atoms with E-state index in [9.17, 15) is 9.59 Å². The lowest BCUT2D eigenvalue weighted by molar-refractivity contribution is -0.149. The van der Waals surface area contributed by atoms with Crippen LogP contribution in [0.5, 0.6) is 0 Å². The Morgan fingerprint density at radius 1 is 1.37 bits per heavy atom. The first kappa shape index (κ1) is 13.9. The third-order valence-electron chi connectivity index (χ3n) is 3.32. The molecule has 0 saturated carbocycles. The molecule has 1 fully saturated rings. The summed E-state index contributed by atoms with van der Waals surface area (Å²) in [6.07, 6.45) is 0.602. The molecule has 1 aromatic rings. The molecule has 1 aliphatic heterocycles. The molecule has 0 spiro atoms. The van der Waals surface area contributed by atoms with Gasteiger partial charge < -0.3 is 10.2 Å². The van der Waals surface area contributed by atoms with Crippen molar-refractivity contribution >= 4 is 23.4 Å². The van der Waals surface area contributed by atoms with Crippen LogP contribution >= 0.6 is 11.6 Å². The minimum absolute atomic E-state index is 0.0496. The summed E-state index contributed by atoms with van der Waals surface area (Å²) in [6, 6.07) is 6.49. The quantitative estimate of drug-likeness (QED) is 0.920. The maximum absolute atomic E-state index is 12.2. The molecule has 1 saturated heterocycles. The molecule has 102 valence electrons. The number of benzene rings is 1. The Labute approximate surface area is 117 Å². The highest BCUT2D eigenvalue weighted by Gasteiger charge is 2.37. The number of amides is 2. The third-order valence-corrected chi connectivity index (χ3v) is 3.55. The molecule has 1 aromatic carbocycles. The SMILES string of the molecule is CCC1C(=O)NC(C)C(=O)N1Cc1cccc(Cl)c1. The van der Waals surface area contributed by atoms with E-state index < -0.39 is 12.1 Å². The van der Waals surface area contributed by atoms with Crippen molar-refractivity contribution in [3.63, 3.8) is 0 Å². The summed E-state index contributed by atoms with van der Waals surface area (Å²) >= 11 is 5.94. The molecule has 0 radical (unpaired) electrons. The lowest BCUT2D eigenvalue weighted by atomic mass is 10.0. The molecule has 1 N–H and O–H groups in total. The first-order valence-electron chi connectivity index (χ1n) is 6.38. The molecular formula is C14H17ClN2O2. The summed E-state index contributed by atoms with van der Waals surface area (Å²) in [5, 5.41) is 3.33. The number of nitrogens with one attached hydrogen (secondary N) is 1. The van der Waals surface area contributed by atoms with Crippen molar-refractivity contribution < 1.29 is 9.59 Å². The van der Waals surface area contributed by atoms with Crippen molar-refractivity contribution in [3.8, 4) is 0 Å². The molecule has 19 heavy (non-hydrogen) atoms. The summed E-state index contributed by atoms with van der Waals surface area (Å²) in [6.45, 7) is 4.02. The van der Waals surface area contributed by atoms with E-state index in [1.54, 1.807) is 17.9 Å². The average molecular weight is 281 g/mol. The normalized spacial score (nSPS) is 23.4. The minimum Gasteiger partial charge on any atom is -0.343 e. The van der Waals surface area contributed by atoms with Crippen LogP contribution in [0.3, 0.4) is 0 Å². The van der Waals surface area contributed by atoms with Gasteiger partial charge in [0.1, 0.15) is 12.1 Å². The third kappa shape index (κ3) is 2.89. The number of rotatable bonds is 3. The Morgan fingerprint density at radius 2 is 2.11 bits per heavy atom. The average Bonchev–Trinajstić information content (AvgIpc) is 2.36. The van der Waals surface area contributed by atoms with Gasteiger partial charge in [0.05, 0.1) is 0 Å². The Morgan fingerprint density at radius 3 is 2.74 bits per heavy atom. The van der Waals surface area contributed by atoms with Gasteiger partial charge in [-0.3, -0.25) is 9.59 Å². The molecule has 1 aliphatic rings. The number of piperazine rings is 1. The van der Waals surface area contributed by atoms with Gasteiger partial charge in [-0.15, -0.1) is 0 Å². The van der Waals surface area contributed by atoms with Gasteiger partial charge in [-0.25, -0.2) is 0 Å².